The van der Waals surface area contributed by atoms with Crippen molar-refractivity contribution in [1.29, 1.82) is 0 Å². The van der Waals surface area contributed by atoms with Gasteiger partial charge < -0.3 is 5.32 Å². The fourth-order valence-corrected chi connectivity index (χ4v) is 2.90. The normalized spacial score (nSPS) is 23.1. The van der Waals surface area contributed by atoms with Crippen molar-refractivity contribution >= 4 is 11.6 Å². The molecule has 104 valence electrons. The molecule has 0 aliphatic heterocycles. The molecule has 0 saturated heterocycles. The largest absolute Gasteiger partial charge is 0.326 e. The first-order valence-corrected chi connectivity index (χ1v) is 7.48. The van der Waals surface area contributed by atoms with Gasteiger partial charge in [0.15, 0.2) is 0 Å². The third-order valence-electron chi connectivity index (χ3n) is 4.57. The van der Waals surface area contributed by atoms with E-state index in [0.29, 0.717) is 0 Å². The van der Waals surface area contributed by atoms with Gasteiger partial charge in [0, 0.05) is 11.6 Å². The van der Waals surface area contributed by atoms with Gasteiger partial charge in [-0.1, -0.05) is 19.4 Å². The molecular weight excluding hydrogens is 234 g/mol. The van der Waals surface area contributed by atoms with Gasteiger partial charge in [0.25, 0.3) is 0 Å². The van der Waals surface area contributed by atoms with Gasteiger partial charge in [0.1, 0.15) is 0 Å². The van der Waals surface area contributed by atoms with Crippen molar-refractivity contribution in [3.05, 3.63) is 29.3 Å². The van der Waals surface area contributed by atoms with Gasteiger partial charge in [0.05, 0.1) is 0 Å². The number of benzene rings is 1. The van der Waals surface area contributed by atoms with Crippen LogP contribution in [-0.4, -0.2) is 5.91 Å². The van der Waals surface area contributed by atoms with E-state index in [9.17, 15) is 4.79 Å². The molecule has 0 radical (unpaired) electrons. The van der Waals surface area contributed by atoms with Gasteiger partial charge in [-0.05, 0) is 68.7 Å². The van der Waals surface area contributed by atoms with Crippen molar-refractivity contribution < 1.29 is 4.79 Å². The quantitative estimate of drug-likeness (QED) is 0.853. The van der Waals surface area contributed by atoms with Crippen LogP contribution in [0.3, 0.4) is 0 Å². The van der Waals surface area contributed by atoms with E-state index in [1.54, 1.807) is 0 Å². The van der Waals surface area contributed by atoms with Gasteiger partial charge in [-0.25, -0.2) is 0 Å². The Bertz CT molecular complexity index is 445. The van der Waals surface area contributed by atoms with E-state index in [1.807, 2.05) is 6.07 Å². The highest BCUT2D eigenvalue weighted by Crippen LogP contribution is 2.31. The molecule has 1 amide bonds. The highest BCUT2D eigenvalue weighted by atomic mass is 16.1. The highest BCUT2D eigenvalue weighted by molar-refractivity contribution is 5.92. The number of anilines is 1. The van der Waals surface area contributed by atoms with Crippen LogP contribution in [0, 0.1) is 25.7 Å². The summed E-state index contributed by atoms with van der Waals surface area (Å²) >= 11 is 0. The summed E-state index contributed by atoms with van der Waals surface area (Å²) in [5.41, 5.74) is 3.43. The van der Waals surface area contributed by atoms with Gasteiger partial charge in [-0.15, -0.1) is 0 Å². The maximum Gasteiger partial charge on any atom is 0.227 e. The predicted octanol–water partition coefficient (Wildman–Crippen LogP) is 4.46. The van der Waals surface area contributed by atoms with Crippen molar-refractivity contribution in [3.8, 4) is 0 Å². The number of aryl methyl sites for hydroxylation is 2. The summed E-state index contributed by atoms with van der Waals surface area (Å²) in [6.07, 6.45) is 5.78. The van der Waals surface area contributed by atoms with Crippen LogP contribution in [0.15, 0.2) is 18.2 Å². The Balaban J connectivity index is 1.92. The molecule has 0 atom stereocenters. The SMILES string of the molecule is CCC1CCC(C(=O)Nc2ccc(C)c(C)c2)CC1. The number of nitrogens with one attached hydrogen (secondary N) is 1. The number of hydrogen-bond donors (Lipinski definition) is 1. The van der Waals surface area contributed by atoms with Gasteiger partial charge in [-0.3, -0.25) is 4.79 Å². The van der Waals surface area contributed by atoms with Crippen LogP contribution in [0.2, 0.25) is 0 Å². The van der Waals surface area contributed by atoms with E-state index in [4.69, 9.17) is 0 Å². The number of hydrogen-bond acceptors (Lipinski definition) is 1. The third-order valence-corrected chi connectivity index (χ3v) is 4.57. The van der Waals surface area contributed by atoms with E-state index in [0.717, 1.165) is 24.4 Å². The standard InChI is InChI=1S/C17H25NO/c1-4-14-6-8-15(9-7-14)17(19)18-16-10-5-12(2)13(3)11-16/h5,10-11,14-15H,4,6-9H2,1-3H3,(H,18,19). The molecule has 2 heteroatoms. The lowest BCUT2D eigenvalue weighted by Gasteiger charge is -2.27. The van der Waals surface area contributed by atoms with E-state index in [-0.39, 0.29) is 11.8 Å². The van der Waals surface area contributed by atoms with Crippen molar-refractivity contribution in [3.63, 3.8) is 0 Å². The van der Waals surface area contributed by atoms with E-state index < -0.39 is 0 Å². The number of rotatable bonds is 3. The first-order chi connectivity index (χ1) is 9.10. The summed E-state index contributed by atoms with van der Waals surface area (Å²) in [6, 6.07) is 6.13. The average molecular weight is 259 g/mol. The molecule has 1 fully saturated rings. The van der Waals surface area contributed by atoms with Crippen molar-refractivity contribution in [1.82, 2.24) is 0 Å². The topological polar surface area (TPSA) is 29.1 Å². The van der Waals surface area contributed by atoms with Gasteiger partial charge >= 0.3 is 0 Å². The summed E-state index contributed by atoms with van der Waals surface area (Å²) in [5, 5.41) is 3.07. The molecule has 1 saturated carbocycles. The smallest absolute Gasteiger partial charge is 0.227 e. The Labute approximate surface area is 116 Å². The first kappa shape index (κ1) is 14.1. The monoisotopic (exact) mass is 259 g/mol. The molecule has 0 heterocycles. The Morgan fingerprint density at radius 3 is 2.42 bits per heavy atom. The molecular formula is C17H25NO. The van der Waals surface area contributed by atoms with Crippen LogP contribution < -0.4 is 5.32 Å². The second-order valence-corrected chi connectivity index (χ2v) is 5.91. The Morgan fingerprint density at radius 1 is 1.16 bits per heavy atom. The molecule has 19 heavy (non-hydrogen) atoms. The summed E-state index contributed by atoms with van der Waals surface area (Å²) in [4.78, 5) is 12.2. The van der Waals surface area contributed by atoms with Gasteiger partial charge in [0.2, 0.25) is 5.91 Å². The van der Waals surface area contributed by atoms with Crippen LogP contribution in [0.4, 0.5) is 5.69 Å². The molecule has 0 unspecified atom stereocenters. The maximum absolute atomic E-state index is 12.2. The van der Waals surface area contributed by atoms with Crippen LogP contribution in [-0.2, 0) is 4.79 Å². The average Bonchev–Trinajstić information content (AvgIpc) is 2.43. The lowest BCUT2D eigenvalue weighted by molar-refractivity contribution is -0.121. The lowest BCUT2D eigenvalue weighted by atomic mass is 9.80. The minimum Gasteiger partial charge on any atom is -0.326 e. The predicted molar refractivity (Wildman–Crippen MR) is 80.3 cm³/mol. The van der Waals surface area contributed by atoms with Crippen molar-refractivity contribution in [2.75, 3.05) is 5.32 Å². The van der Waals surface area contributed by atoms with Crippen molar-refractivity contribution in [2.24, 2.45) is 11.8 Å². The fourth-order valence-electron chi connectivity index (χ4n) is 2.90. The van der Waals surface area contributed by atoms with Gasteiger partial charge in [-0.2, -0.15) is 0 Å². The first-order valence-electron chi connectivity index (χ1n) is 7.48. The molecule has 2 nitrogen and oxygen atoms in total. The number of carbonyl (C=O) groups excluding carboxylic acids is 1. The summed E-state index contributed by atoms with van der Waals surface area (Å²) in [7, 11) is 0. The lowest BCUT2D eigenvalue weighted by Crippen LogP contribution is -2.27. The maximum atomic E-state index is 12.2. The van der Waals surface area contributed by atoms with Crippen LogP contribution >= 0.6 is 0 Å². The Kier molecular flexibility index (Phi) is 4.62. The molecule has 2 rings (SSSR count). The molecule has 1 aromatic rings. The molecule has 1 aromatic carbocycles. The van der Waals surface area contributed by atoms with E-state index >= 15 is 0 Å². The molecule has 1 aliphatic carbocycles. The Hall–Kier alpha value is -1.31. The summed E-state index contributed by atoms with van der Waals surface area (Å²) < 4.78 is 0. The molecule has 1 aliphatic rings. The summed E-state index contributed by atoms with van der Waals surface area (Å²) in [5.74, 6) is 1.26. The minimum absolute atomic E-state index is 0.206. The van der Waals surface area contributed by atoms with E-state index in [2.05, 4.69) is 38.2 Å². The van der Waals surface area contributed by atoms with Crippen molar-refractivity contribution in [2.45, 2.75) is 52.9 Å². The zero-order valence-corrected chi connectivity index (χ0v) is 12.3. The number of carbonyl (C=O) groups is 1. The zero-order chi connectivity index (χ0) is 13.8. The fraction of sp³-hybridized carbons (Fsp3) is 0.588. The second-order valence-electron chi connectivity index (χ2n) is 5.91. The van der Waals surface area contributed by atoms with E-state index in [1.165, 1.54) is 30.4 Å². The van der Waals surface area contributed by atoms with Crippen LogP contribution in [0.5, 0.6) is 0 Å². The minimum atomic E-state index is 0.206. The second kappa shape index (κ2) is 6.23. The number of amides is 1. The van der Waals surface area contributed by atoms with Crippen LogP contribution in [0.25, 0.3) is 0 Å². The third kappa shape index (κ3) is 3.59. The zero-order valence-electron chi connectivity index (χ0n) is 12.3. The molecule has 1 N–H and O–H groups in total. The molecule has 0 spiro atoms. The Morgan fingerprint density at radius 2 is 1.84 bits per heavy atom. The highest BCUT2D eigenvalue weighted by Gasteiger charge is 2.25. The molecule has 0 bridgehead atoms. The van der Waals surface area contributed by atoms with Crippen LogP contribution in [0.1, 0.15) is 50.2 Å². The molecule has 0 aromatic heterocycles. The summed E-state index contributed by atoms with van der Waals surface area (Å²) in [6.45, 7) is 6.42.